The maximum Gasteiger partial charge on any atom is 0.270 e. The zero-order valence-corrected chi connectivity index (χ0v) is 19.3. The molecule has 8 nitrogen and oxygen atoms in total. The van der Waals surface area contributed by atoms with E-state index in [-0.39, 0.29) is 5.91 Å². The molecule has 2 unspecified atom stereocenters. The normalized spacial score (nSPS) is 24.1. The Morgan fingerprint density at radius 3 is 2.52 bits per heavy atom. The van der Waals surface area contributed by atoms with E-state index >= 15 is 0 Å². The summed E-state index contributed by atoms with van der Waals surface area (Å²) in [5.74, 6) is 2.22. The van der Waals surface area contributed by atoms with E-state index in [0.29, 0.717) is 17.7 Å². The maximum absolute atomic E-state index is 13.0. The van der Waals surface area contributed by atoms with Gasteiger partial charge in [0.15, 0.2) is 0 Å². The van der Waals surface area contributed by atoms with Crippen molar-refractivity contribution in [1.29, 1.82) is 0 Å². The Bertz CT molecular complexity index is 1170. The van der Waals surface area contributed by atoms with Gasteiger partial charge in [-0.25, -0.2) is 4.98 Å². The van der Waals surface area contributed by atoms with Gasteiger partial charge < -0.3 is 25.0 Å². The van der Waals surface area contributed by atoms with Crippen molar-refractivity contribution < 1.29 is 4.79 Å². The summed E-state index contributed by atoms with van der Waals surface area (Å²) in [5.41, 5.74) is 3.76. The van der Waals surface area contributed by atoms with Crippen LogP contribution in [0.1, 0.15) is 35.8 Å². The highest BCUT2D eigenvalue weighted by Crippen LogP contribution is 2.56. The zero-order valence-electron chi connectivity index (χ0n) is 19.3. The highest BCUT2D eigenvalue weighted by molar-refractivity contribution is 5.98. The number of piperazine rings is 1. The van der Waals surface area contributed by atoms with E-state index in [1.165, 1.54) is 12.1 Å². The monoisotopic (exact) mass is 445 g/mol. The van der Waals surface area contributed by atoms with Crippen LogP contribution < -0.4 is 15.5 Å². The summed E-state index contributed by atoms with van der Waals surface area (Å²) in [4.78, 5) is 26.4. The Morgan fingerprint density at radius 2 is 1.82 bits per heavy atom. The minimum atomic E-state index is 0.0200. The molecule has 8 heteroatoms. The molecule has 2 N–H and O–H groups in total. The lowest BCUT2D eigenvalue weighted by atomic mass is 10.1. The number of rotatable bonds is 5. The smallest absolute Gasteiger partial charge is 0.270 e. The van der Waals surface area contributed by atoms with Gasteiger partial charge in [0.05, 0.1) is 0 Å². The van der Waals surface area contributed by atoms with Gasteiger partial charge in [0.1, 0.15) is 11.3 Å². The summed E-state index contributed by atoms with van der Waals surface area (Å²) in [5, 5.41) is 7.67. The topological polar surface area (TPSA) is 78.3 Å². The van der Waals surface area contributed by atoms with Gasteiger partial charge in [-0.1, -0.05) is 0 Å². The third-order valence-electron chi connectivity index (χ3n) is 7.39. The van der Waals surface area contributed by atoms with Gasteiger partial charge in [-0.05, 0) is 61.4 Å². The molecule has 0 bridgehead atoms. The summed E-state index contributed by atoms with van der Waals surface area (Å²) < 4.78 is 2.18. The number of hydrogen-bond donors (Lipinski definition) is 2. The van der Waals surface area contributed by atoms with Gasteiger partial charge in [-0.2, -0.15) is 4.98 Å². The van der Waals surface area contributed by atoms with Crippen LogP contribution in [0.15, 0.2) is 36.5 Å². The number of nitrogens with one attached hydrogen (secondary N) is 2. The van der Waals surface area contributed by atoms with Gasteiger partial charge in [-0.3, -0.25) is 4.79 Å². The highest BCUT2D eigenvalue weighted by Gasteiger charge is 2.47. The molecule has 2 atom stereocenters. The molecule has 3 fully saturated rings. The molecule has 3 aliphatic rings. The number of benzene rings is 1. The van der Waals surface area contributed by atoms with E-state index in [1.807, 2.05) is 12.3 Å². The summed E-state index contributed by atoms with van der Waals surface area (Å²) in [7, 11) is 3.61. The average Bonchev–Trinajstić information content (AvgIpc) is 3.27. The second-order valence-electron chi connectivity index (χ2n) is 9.86. The summed E-state index contributed by atoms with van der Waals surface area (Å²) in [6, 6.07) is 10.7. The first-order valence-electron chi connectivity index (χ1n) is 12.0. The zero-order chi connectivity index (χ0) is 22.5. The molecule has 1 amide bonds. The first-order valence-corrected chi connectivity index (χ1v) is 12.0. The first kappa shape index (κ1) is 20.5. The number of carbonyl (C=O) groups is 1. The van der Waals surface area contributed by atoms with Crippen molar-refractivity contribution in [2.75, 3.05) is 50.5 Å². The molecule has 1 saturated heterocycles. The SMILES string of the molecule is CN(C)C(=O)c1cc2cnc(Nc3ccc(N4CCNCC4)cc3)nc2n1C1CC2CC2C1. The van der Waals surface area contributed by atoms with E-state index in [2.05, 4.69) is 49.4 Å². The number of anilines is 3. The quantitative estimate of drug-likeness (QED) is 0.628. The largest absolute Gasteiger partial charge is 0.369 e. The van der Waals surface area contributed by atoms with Crippen LogP contribution in [0.4, 0.5) is 17.3 Å². The molecule has 2 saturated carbocycles. The molecule has 0 radical (unpaired) electrons. The number of carbonyl (C=O) groups excluding carboxylic acids is 1. The van der Waals surface area contributed by atoms with Gasteiger partial charge >= 0.3 is 0 Å². The fourth-order valence-corrected chi connectivity index (χ4v) is 5.53. The predicted octanol–water partition coefficient (Wildman–Crippen LogP) is 3.26. The van der Waals surface area contributed by atoms with Crippen molar-refractivity contribution >= 4 is 34.3 Å². The third kappa shape index (κ3) is 3.82. The fourth-order valence-electron chi connectivity index (χ4n) is 5.53. The number of fused-ring (bicyclic) bond motifs is 2. The molecular formula is C25H31N7O. The summed E-state index contributed by atoms with van der Waals surface area (Å²) >= 11 is 0. The molecule has 0 spiro atoms. The minimum Gasteiger partial charge on any atom is -0.369 e. The molecule has 1 aliphatic heterocycles. The number of amides is 1. The molecule has 33 heavy (non-hydrogen) atoms. The Balaban J connectivity index is 1.29. The third-order valence-corrected chi connectivity index (χ3v) is 7.39. The maximum atomic E-state index is 13.0. The predicted molar refractivity (Wildman–Crippen MR) is 130 cm³/mol. The number of hydrogen-bond acceptors (Lipinski definition) is 6. The van der Waals surface area contributed by atoms with Crippen LogP contribution in [0.25, 0.3) is 11.0 Å². The highest BCUT2D eigenvalue weighted by atomic mass is 16.2. The lowest BCUT2D eigenvalue weighted by Crippen LogP contribution is -2.43. The van der Waals surface area contributed by atoms with Crippen LogP contribution in [-0.2, 0) is 0 Å². The van der Waals surface area contributed by atoms with E-state index in [9.17, 15) is 4.79 Å². The van der Waals surface area contributed by atoms with Gasteiger partial charge in [-0.15, -0.1) is 0 Å². The standard InChI is InChI=1S/C25H31N7O/c1-30(2)24(33)22-14-18-15-27-25(29-23(18)32(22)21-12-16-11-17(16)13-21)28-19-3-5-20(6-4-19)31-9-7-26-8-10-31/h3-6,14-17,21,26H,7-13H2,1-2H3,(H,27,28,29). The van der Waals surface area contributed by atoms with Crippen molar-refractivity contribution in [3.63, 3.8) is 0 Å². The van der Waals surface area contributed by atoms with Crippen molar-refractivity contribution in [2.24, 2.45) is 11.8 Å². The minimum absolute atomic E-state index is 0.0200. The average molecular weight is 446 g/mol. The first-order chi connectivity index (χ1) is 16.1. The Labute approximate surface area is 194 Å². The molecule has 6 rings (SSSR count). The lowest BCUT2D eigenvalue weighted by molar-refractivity contribution is 0.0815. The Hall–Kier alpha value is -3.13. The molecule has 3 heterocycles. The van der Waals surface area contributed by atoms with Crippen molar-refractivity contribution in [3.8, 4) is 0 Å². The van der Waals surface area contributed by atoms with Crippen LogP contribution in [0.5, 0.6) is 0 Å². The van der Waals surface area contributed by atoms with Crippen molar-refractivity contribution in [1.82, 2.24) is 24.8 Å². The van der Waals surface area contributed by atoms with Crippen molar-refractivity contribution in [3.05, 3.63) is 42.2 Å². The Morgan fingerprint density at radius 1 is 1.09 bits per heavy atom. The molecular weight excluding hydrogens is 414 g/mol. The van der Waals surface area contributed by atoms with E-state index in [0.717, 1.165) is 67.6 Å². The second-order valence-corrected chi connectivity index (χ2v) is 9.86. The molecule has 2 aromatic heterocycles. The second kappa shape index (κ2) is 8.02. The fraction of sp³-hybridized carbons (Fsp3) is 0.480. The molecule has 2 aliphatic carbocycles. The molecule has 172 valence electrons. The van der Waals surface area contributed by atoms with Crippen LogP contribution >= 0.6 is 0 Å². The Kier molecular flexibility index (Phi) is 4.98. The van der Waals surface area contributed by atoms with Gasteiger partial charge in [0.25, 0.3) is 5.91 Å². The van der Waals surface area contributed by atoms with Crippen LogP contribution in [0.3, 0.4) is 0 Å². The van der Waals surface area contributed by atoms with E-state index in [4.69, 9.17) is 4.98 Å². The van der Waals surface area contributed by atoms with Crippen LogP contribution in [0.2, 0.25) is 0 Å². The summed E-state index contributed by atoms with van der Waals surface area (Å²) in [6.07, 6.45) is 5.46. The molecule has 1 aromatic carbocycles. The van der Waals surface area contributed by atoms with Crippen molar-refractivity contribution in [2.45, 2.75) is 25.3 Å². The van der Waals surface area contributed by atoms with Gasteiger partial charge in [0, 0.05) is 69.3 Å². The van der Waals surface area contributed by atoms with Crippen LogP contribution in [-0.4, -0.2) is 65.6 Å². The van der Waals surface area contributed by atoms with Crippen LogP contribution in [0, 0.1) is 11.8 Å². The number of nitrogens with zero attached hydrogens (tertiary/aromatic N) is 5. The van der Waals surface area contributed by atoms with Gasteiger partial charge in [0.2, 0.25) is 5.95 Å². The molecule has 3 aromatic rings. The van der Waals surface area contributed by atoms with E-state index < -0.39 is 0 Å². The lowest BCUT2D eigenvalue weighted by Gasteiger charge is -2.29. The summed E-state index contributed by atoms with van der Waals surface area (Å²) in [6.45, 7) is 4.10. The van der Waals surface area contributed by atoms with E-state index in [1.54, 1.807) is 19.0 Å². The number of aromatic nitrogens is 3.